The fourth-order valence-corrected chi connectivity index (χ4v) is 5.65. The number of aliphatic hydroxyl groups is 1. The molecule has 34 heavy (non-hydrogen) atoms. The van der Waals surface area contributed by atoms with Gasteiger partial charge in [-0.1, -0.05) is 43.9 Å². The molecule has 1 N–H and O–H groups in total. The molecule has 3 rings (SSSR count). The maximum absolute atomic E-state index is 13.5. The number of amides is 1. The number of likely N-dealkylation sites (N-methyl/N-ethyl adjacent to an activating group) is 1. The van der Waals surface area contributed by atoms with Crippen LogP contribution in [0.15, 0.2) is 53.4 Å². The first-order valence-corrected chi connectivity index (χ1v) is 12.9. The molecule has 0 saturated carbocycles. The second-order valence-electron chi connectivity index (χ2n) is 8.65. The molecule has 0 unspecified atom stereocenters. The van der Waals surface area contributed by atoms with Crippen LogP contribution in [-0.4, -0.2) is 67.5 Å². The van der Waals surface area contributed by atoms with Gasteiger partial charge in [0, 0.05) is 43.1 Å². The lowest BCUT2D eigenvalue weighted by molar-refractivity contribution is -0.131. The molecule has 0 bridgehead atoms. The zero-order chi connectivity index (χ0) is 24.9. The first kappa shape index (κ1) is 25.8. The third-order valence-corrected chi connectivity index (χ3v) is 7.99. The standard InChI is InChI=1S/C26H32N2O5S/c1-5-26(30)27(4)17-24-19(2)16-28(20(3)18-29)34(31,32)25-14-13-22(15-23(25)33-24)12-11-21-9-7-6-8-10-21/h6-10,13-15,19-20,24,29H,5,16-18H2,1-4H3/t19-,20+,24-/m0/s1. The monoisotopic (exact) mass is 484 g/mol. The molecule has 3 atom stereocenters. The average Bonchev–Trinajstić information content (AvgIpc) is 2.84. The summed E-state index contributed by atoms with van der Waals surface area (Å²) in [6.45, 7) is 5.54. The Kier molecular flexibility index (Phi) is 8.37. The number of aliphatic hydroxyl groups excluding tert-OH is 1. The lowest BCUT2D eigenvalue weighted by Crippen LogP contribution is -2.50. The van der Waals surface area contributed by atoms with E-state index in [2.05, 4.69) is 11.8 Å². The highest BCUT2D eigenvalue weighted by Crippen LogP contribution is 2.34. The molecule has 0 aromatic heterocycles. The molecule has 2 aromatic carbocycles. The Hall–Kier alpha value is -2.86. The van der Waals surface area contributed by atoms with E-state index in [0.29, 0.717) is 18.5 Å². The van der Waals surface area contributed by atoms with E-state index >= 15 is 0 Å². The van der Waals surface area contributed by atoms with E-state index in [1.165, 1.54) is 10.4 Å². The summed E-state index contributed by atoms with van der Waals surface area (Å²) >= 11 is 0. The summed E-state index contributed by atoms with van der Waals surface area (Å²) in [5.41, 5.74) is 1.46. The molecular formula is C26H32N2O5S. The summed E-state index contributed by atoms with van der Waals surface area (Å²) in [4.78, 5) is 13.8. The van der Waals surface area contributed by atoms with Gasteiger partial charge in [0.2, 0.25) is 15.9 Å². The number of rotatable bonds is 5. The fourth-order valence-electron chi connectivity index (χ4n) is 3.83. The van der Waals surface area contributed by atoms with Crippen LogP contribution in [0.4, 0.5) is 0 Å². The van der Waals surface area contributed by atoms with Crippen LogP contribution in [0.3, 0.4) is 0 Å². The largest absolute Gasteiger partial charge is 0.487 e. The number of hydrogen-bond donors (Lipinski definition) is 1. The number of hydrogen-bond acceptors (Lipinski definition) is 5. The van der Waals surface area contributed by atoms with Crippen LogP contribution < -0.4 is 4.74 Å². The SMILES string of the molecule is CCC(=O)N(C)C[C@@H]1Oc2cc(C#Cc3ccccc3)ccc2S(=O)(=O)N([C@H](C)CO)C[C@@H]1C. The Bertz CT molecular complexity index is 1170. The van der Waals surface area contributed by atoms with Crippen molar-refractivity contribution in [1.29, 1.82) is 0 Å². The van der Waals surface area contributed by atoms with Crippen molar-refractivity contribution < 1.29 is 23.1 Å². The number of carbonyl (C=O) groups excluding carboxylic acids is 1. The average molecular weight is 485 g/mol. The van der Waals surface area contributed by atoms with Gasteiger partial charge in [-0.3, -0.25) is 4.79 Å². The van der Waals surface area contributed by atoms with Crippen LogP contribution in [-0.2, 0) is 14.8 Å². The van der Waals surface area contributed by atoms with E-state index in [0.717, 1.165) is 5.56 Å². The highest BCUT2D eigenvalue weighted by Gasteiger charge is 2.38. The van der Waals surface area contributed by atoms with Crippen LogP contribution in [0, 0.1) is 17.8 Å². The summed E-state index contributed by atoms with van der Waals surface area (Å²) in [6.07, 6.45) is -0.0735. The molecule has 1 aliphatic heterocycles. The number of ether oxygens (including phenoxy) is 1. The second kappa shape index (κ2) is 11.0. The Morgan fingerprint density at radius 3 is 2.53 bits per heavy atom. The number of carbonyl (C=O) groups is 1. The maximum Gasteiger partial charge on any atom is 0.247 e. The maximum atomic E-state index is 13.5. The van der Waals surface area contributed by atoms with Crippen molar-refractivity contribution in [2.45, 2.75) is 44.2 Å². The van der Waals surface area contributed by atoms with Crippen molar-refractivity contribution in [1.82, 2.24) is 9.21 Å². The number of nitrogens with zero attached hydrogens (tertiary/aromatic N) is 2. The lowest BCUT2D eigenvalue weighted by atomic mass is 10.0. The van der Waals surface area contributed by atoms with Gasteiger partial charge < -0.3 is 14.7 Å². The minimum Gasteiger partial charge on any atom is -0.487 e. The zero-order valence-corrected chi connectivity index (χ0v) is 20.9. The highest BCUT2D eigenvalue weighted by molar-refractivity contribution is 7.89. The highest BCUT2D eigenvalue weighted by atomic mass is 32.2. The van der Waals surface area contributed by atoms with E-state index in [1.54, 1.807) is 37.9 Å². The van der Waals surface area contributed by atoms with Crippen molar-refractivity contribution >= 4 is 15.9 Å². The number of benzene rings is 2. The Morgan fingerprint density at radius 2 is 1.88 bits per heavy atom. The number of sulfonamides is 1. The molecule has 0 saturated heterocycles. The topological polar surface area (TPSA) is 87.2 Å². The molecule has 2 aromatic rings. The minimum absolute atomic E-state index is 0.0197. The third kappa shape index (κ3) is 5.79. The van der Waals surface area contributed by atoms with Gasteiger partial charge in [0.1, 0.15) is 16.7 Å². The van der Waals surface area contributed by atoms with Gasteiger partial charge in [-0.25, -0.2) is 8.42 Å². The Labute approximate surface area is 202 Å². The van der Waals surface area contributed by atoms with E-state index < -0.39 is 22.2 Å². The molecule has 0 aliphatic carbocycles. The predicted molar refractivity (Wildman–Crippen MR) is 131 cm³/mol. The quantitative estimate of drug-likeness (QED) is 0.660. The Morgan fingerprint density at radius 1 is 1.21 bits per heavy atom. The van der Waals surface area contributed by atoms with E-state index in [4.69, 9.17) is 4.74 Å². The van der Waals surface area contributed by atoms with E-state index in [-0.39, 0.29) is 35.6 Å². The van der Waals surface area contributed by atoms with Crippen LogP contribution in [0.1, 0.15) is 38.3 Å². The lowest BCUT2D eigenvalue weighted by Gasteiger charge is -2.37. The molecular weight excluding hydrogens is 452 g/mol. The van der Waals surface area contributed by atoms with Crippen LogP contribution in [0.5, 0.6) is 5.75 Å². The zero-order valence-electron chi connectivity index (χ0n) is 20.1. The van der Waals surface area contributed by atoms with Crippen molar-refractivity contribution in [2.24, 2.45) is 5.92 Å². The van der Waals surface area contributed by atoms with Crippen LogP contribution in [0.2, 0.25) is 0 Å². The van der Waals surface area contributed by atoms with Gasteiger partial charge >= 0.3 is 0 Å². The van der Waals surface area contributed by atoms with Crippen LogP contribution >= 0.6 is 0 Å². The summed E-state index contributed by atoms with van der Waals surface area (Å²) in [5, 5.41) is 9.75. The van der Waals surface area contributed by atoms with Gasteiger partial charge in [0.15, 0.2) is 0 Å². The first-order valence-electron chi connectivity index (χ1n) is 11.4. The molecule has 1 aliphatic rings. The van der Waals surface area contributed by atoms with Crippen LogP contribution in [0.25, 0.3) is 0 Å². The van der Waals surface area contributed by atoms with Gasteiger partial charge in [-0.2, -0.15) is 4.31 Å². The summed E-state index contributed by atoms with van der Waals surface area (Å²) in [6, 6.07) is 13.7. The molecule has 0 spiro atoms. The van der Waals surface area contributed by atoms with Gasteiger partial charge in [-0.15, -0.1) is 0 Å². The molecule has 1 heterocycles. The van der Waals surface area contributed by atoms with Crippen molar-refractivity contribution in [3.05, 3.63) is 59.7 Å². The molecule has 1 amide bonds. The third-order valence-electron chi connectivity index (χ3n) is 5.97. The second-order valence-corrected chi connectivity index (χ2v) is 10.5. The molecule has 0 fully saturated rings. The van der Waals surface area contributed by atoms with Crippen molar-refractivity contribution in [3.8, 4) is 17.6 Å². The molecule has 7 nitrogen and oxygen atoms in total. The fraction of sp³-hybridized carbons (Fsp3) is 0.423. The van der Waals surface area contributed by atoms with Gasteiger partial charge in [0.05, 0.1) is 13.2 Å². The van der Waals surface area contributed by atoms with E-state index in [1.807, 2.05) is 37.3 Å². The summed E-state index contributed by atoms with van der Waals surface area (Å²) in [5.74, 6) is 6.09. The van der Waals surface area contributed by atoms with Gasteiger partial charge in [0.25, 0.3) is 0 Å². The van der Waals surface area contributed by atoms with E-state index in [9.17, 15) is 18.3 Å². The summed E-state index contributed by atoms with van der Waals surface area (Å²) in [7, 11) is -2.21. The minimum atomic E-state index is -3.92. The van der Waals surface area contributed by atoms with Gasteiger partial charge in [-0.05, 0) is 37.3 Å². The first-order chi connectivity index (χ1) is 16.2. The molecule has 8 heteroatoms. The van der Waals surface area contributed by atoms with Crippen molar-refractivity contribution in [2.75, 3.05) is 26.7 Å². The normalized spacial score (nSPS) is 20.5. The number of fused-ring (bicyclic) bond motifs is 1. The Balaban J connectivity index is 2.06. The smallest absolute Gasteiger partial charge is 0.247 e. The summed E-state index contributed by atoms with van der Waals surface area (Å²) < 4.78 is 34.7. The van der Waals surface area contributed by atoms with Crippen molar-refractivity contribution in [3.63, 3.8) is 0 Å². The predicted octanol–water partition coefficient (Wildman–Crippen LogP) is 2.72. The molecule has 0 radical (unpaired) electrons. The molecule has 182 valence electrons.